The van der Waals surface area contributed by atoms with Crippen molar-refractivity contribution in [3.63, 3.8) is 0 Å². The number of carbonyl (C=O) groups is 1. The van der Waals surface area contributed by atoms with E-state index in [2.05, 4.69) is 41.3 Å². The molecule has 0 aliphatic carbocycles. The number of carbonyl (C=O) groups excluding carboxylic acids is 1. The summed E-state index contributed by atoms with van der Waals surface area (Å²) < 4.78 is 0. The molecular formula is C17H27N3OS. The van der Waals surface area contributed by atoms with Gasteiger partial charge in [0.15, 0.2) is 0 Å². The van der Waals surface area contributed by atoms with Gasteiger partial charge in [-0.25, -0.2) is 0 Å². The predicted octanol–water partition coefficient (Wildman–Crippen LogP) is 2.77. The molecule has 0 saturated carbocycles. The highest BCUT2D eigenvalue weighted by Gasteiger charge is 2.19. The summed E-state index contributed by atoms with van der Waals surface area (Å²) >= 11 is 1.54. The number of rotatable bonds is 6. The van der Waals surface area contributed by atoms with Gasteiger partial charge >= 0.3 is 0 Å². The highest BCUT2D eigenvalue weighted by atomic mass is 32.2. The molecular weight excluding hydrogens is 294 g/mol. The monoisotopic (exact) mass is 321 g/mol. The zero-order valence-corrected chi connectivity index (χ0v) is 14.7. The van der Waals surface area contributed by atoms with Crippen LogP contribution in [0.2, 0.25) is 0 Å². The summed E-state index contributed by atoms with van der Waals surface area (Å²) in [5.74, 6) is 1.38. The molecule has 1 fully saturated rings. The normalized spacial score (nSPS) is 16.1. The second-order valence-electron chi connectivity index (χ2n) is 6.22. The Morgan fingerprint density at radius 3 is 2.45 bits per heavy atom. The maximum Gasteiger partial charge on any atom is 0.234 e. The first-order chi connectivity index (χ1) is 10.6. The summed E-state index contributed by atoms with van der Waals surface area (Å²) in [6.07, 6.45) is 4.44. The van der Waals surface area contributed by atoms with Crippen LogP contribution in [0.4, 0.5) is 11.4 Å². The number of nitrogens with zero attached hydrogens (tertiary/aromatic N) is 2. The van der Waals surface area contributed by atoms with Crippen molar-refractivity contribution in [1.82, 2.24) is 4.90 Å². The van der Waals surface area contributed by atoms with Crippen LogP contribution in [0.25, 0.3) is 0 Å². The lowest BCUT2D eigenvalue weighted by molar-refractivity contribution is -0.113. The molecule has 22 heavy (non-hydrogen) atoms. The Labute approximate surface area is 138 Å². The minimum atomic E-state index is 0.0600. The second-order valence-corrected chi connectivity index (χ2v) is 7.09. The molecule has 1 aliphatic rings. The van der Waals surface area contributed by atoms with Gasteiger partial charge in [-0.3, -0.25) is 4.79 Å². The number of nitrogens with one attached hydrogen (secondary N) is 1. The Balaban J connectivity index is 1.85. The number of thioether (sulfide) groups is 1. The topological polar surface area (TPSA) is 35.6 Å². The fourth-order valence-corrected chi connectivity index (χ4v) is 3.31. The van der Waals surface area contributed by atoms with Crippen molar-refractivity contribution in [2.45, 2.75) is 12.8 Å². The van der Waals surface area contributed by atoms with E-state index in [9.17, 15) is 4.79 Å². The van der Waals surface area contributed by atoms with Crippen molar-refractivity contribution in [2.24, 2.45) is 5.92 Å². The molecule has 1 aromatic carbocycles. The average Bonchev–Trinajstić information content (AvgIpc) is 2.48. The molecule has 0 bridgehead atoms. The van der Waals surface area contributed by atoms with E-state index in [1.807, 2.05) is 18.4 Å². The first kappa shape index (κ1) is 17.2. The maximum absolute atomic E-state index is 11.6. The maximum atomic E-state index is 11.6. The van der Waals surface area contributed by atoms with Crippen LogP contribution < -0.4 is 10.2 Å². The molecule has 1 saturated heterocycles. The van der Waals surface area contributed by atoms with Crippen molar-refractivity contribution in [1.29, 1.82) is 0 Å². The third kappa shape index (κ3) is 5.21. The number of benzene rings is 1. The minimum Gasteiger partial charge on any atom is -0.372 e. The molecule has 0 spiro atoms. The Bertz CT molecular complexity index is 467. The molecule has 5 heteroatoms. The van der Waals surface area contributed by atoms with Crippen LogP contribution in [0.15, 0.2) is 24.3 Å². The first-order valence-electron chi connectivity index (χ1n) is 7.87. The van der Waals surface area contributed by atoms with Crippen molar-refractivity contribution in [3.05, 3.63) is 24.3 Å². The van der Waals surface area contributed by atoms with Gasteiger partial charge in [0, 0.05) is 31.0 Å². The molecule has 1 heterocycles. The zero-order chi connectivity index (χ0) is 15.9. The number of piperidine rings is 1. The van der Waals surface area contributed by atoms with Crippen LogP contribution in [0, 0.1) is 5.92 Å². The quantitative estimate of drug-likeness (QED) is 0.874. The van der Waals surface area contributed by atoms with Gasteiger partial charge in [-0.1, -0.05) is 0 Å². The highest BCUT2D eigenvalue weighted by molar-refractivity contribution is 7.99. The van der Waals surface area contributed by atoms with Crippen molar-refractivity contribution in [3.8, 4) is 0 Å². The first-order valence-corrected chi connectivity index (χ1v) is 9.26. The number of anilines is 2. The van der Waals surface area contributed by atoms with Crippen molar-refractivity contribution in [2.75, 3.05) is 56.0 Å². The molecule has 122 valence electrons. The van der Waals surface area contributed by atoms with Crippen LogP contribution in [-0.4, -0.2) is 56.5 Å². The van der Waals surface area contributed by atoms with Crippen LogP contribution in [0.5, 0.6) is 0 Å². The number of hydrogen-bond donors (Lipinski definition) is 1. The highest BCUT2D eigenvalue weighted by Crippen LogP contribution is 2.24. The van der Waals surface area contributed by atoms with Crippen LogP contribution >= 0.6 is 11.8 Å². The van der Waals surface area contributed by atoms with Gasteiger partial charge in [0.25, 0.3) is 0 Å². The lowest BCUT2D eigenvalue weighted by atomic mass is 9.96. The van der Waals surface area contributed by atoms with E-state index in [1.54, 1.807) is 0 Å². The molecule has 2 rings (SSSR count). The lowest BCUT2D eigenvalue weighted by Crippen LogP contribution is -2.37. The van der Waals surface area contributed by atoms with E-state index < -0.39 is 0 Å². The van der Waals surface area contributed by atoms with E-state index >= 15 is 0 Å². The molecule has 1 N–H and O–H groups in total. The van der Waals surface area contributed by atoms with Crippen molar-refractivity contribution >= 4 is 29.0 Å². The SMILES string of the molecule is CSCC(=O)Nc1ccc(N2CCC(CN(C)C)CC2)cc1. The number of hydrogen-bond acceptors (Lipinski definition) is 4. The summed E-state index contributed by atoms with van der Waals surface area (Å²) in [4.78, 5) is 16.3. The second kappa shape index (κ2) is 8.44. The fraction of sp³-hybridized carbons (Fsp3) is 0.588. The smallest absolute Gasteiger partial charge is 0.234 e. The standard InChI is InChI=1S/C17H27N3OS/c1-19(2)12-14-8-10-20(11-9-14)16-6-4-15(5-7-16)18-17(21)13-22-3/h4-7,14H,8-13H2,1-3H3,(H,18,21). The van der Waals surface area contributed by atoms with Gasteiger partial charge in [-0.2, -0.15) is 11.8 Å². The Morgan fingerprint density at radius 2 is 1.91 bits per heavy atom. The molecule has 0 radical (unpaired) electrons. The lowest BCUT2D eigenvalue weighted by Gasteiger charge is -2.34. The third-order valence-corrected chi connectivity index (χ3v) is 4.58. The summed E-state index contributed by atoms with van der Waals surface area (Å²) in [5, 5.41) is 2.92. The van der Waals surface area contributed by atoms with E-state index in [-0.39, 0.29) is 5.91 Å². The molecule has 0 aromatic heterocycles. The van der Waals surface area contributed by atoms with E-state index in [1.165, 1.54) is 36.8 Å². The van der Waals surface area contributed by atoms with Crippen LogP contribution in [0.1, 0.15) is 12.8 Å². The molecule has 1 aromatic rings. The van der Waals surface area contributed by atoms with Gasteiger partial charge in [0.1, 0.15) is 0 Å². The van der Waals surface area contributed by atoms with Gasteiger partial charge in [-0.05, 0) is 63.4 Å². The summed E-state index contributed by atoms with van der Waals surface area (Å²) in [7, 11) is 4.30. The summed E-state index contributed by atoms with van der Waals surface area (Å²) in [6, 6.07) is 8.22. The van der Waals surface area contributed by atoms with Crippen LogP contribution in [0.3, 0.4) is 0 Å². The zero-order valence-electron chi connectivity index (χ0n) is 13.8. The largest absolute Gasteiger partial charge is 0.372 e. The molecule has 0 unspecified atom stereocenters. The van der Waals surface area contributed by atoms with Gasteiger partial charge < -0.3 is 15.1 Å². The average molecular weight is 321 g/mol. The van der Waals surface area contributed by atoms with E-state index in [0.29, 0.717) is 5.75 Å². The van der Waals surface area contributed by atoms with E-state index in [4.69, 9.17) is 0 Å². The van der Waals surface area contributed by atoms with E-state index in [0.717, 1.165) is 24.7 Å². The van der Waals surface area contributed by atoms with Gasteiger partial charge in [0.05, 0.1) is 5.75 Å². The van der Waals surface area contributed by atoms with Crippen molar-refractivity contribution < 1.29 is 4.79 Å². The van der Waals surface area contributed by atoms with Crippen LogP contribution in [-0.2, 0) is 4.79 Å². The molecule has 1 aliphatic heterocycles. The minimum absolute atomic E-state index is 0.0600. The predicted molar refractivity (Wildman–Crippen MR) is 96.9 cm³/mol. The molecule has 4 nitrogen and oxygen atoms in total. The fourth-order valence-electron chi connectivity index (χ4n) is 2.97. The molecule has 0 atom stereocenters. The Kier molecular flexibility index (Phi) is 6.58. The third-order valence-electron chi connectivity index (χ3n) is 4.03. The Morgan fingerprint density at radius 1 is 1.27 bits per heavy atom. The summed E-state index contributed by atoms with van der Waals surface area (Å²) in [6.45, 7) is 3.43. The summed E-state index contributed by atoms with van der Waals surface area (Å²) in [5.41, 5.74) is 2.14. The Hall–Kier alpha value is -1.20. The molecule has 1 amide bonds. The number of amides is 1. The van der Waals surface area contributed by atoms with Gasteiger partial charge in [-0.15, -0.1) is 0 Å². The van der Waals surface area contributed by atoms with Gasteiger partial charge in [0.2, 0.25) is 5.91 Å².